The van der Waals surface area contributed by atoms with E-state index in [1.807, 2.05) is 0 Å². The fourth-order valence-electron chi connectivity index (χ4n) is 2.11. The van der Waals surface area contributed by atoms with Gasteiger partial charge in [0.25, 0.3) is 5.88 Å². The van der Waals surface area contributed by atoms with E-state index < -0.39 is 5.82 Å². The molecule has 98 valence electrons. The predicted molar refractivity (Wildman–Crippen MR) is 66.6 cm³/mol. The standard InChI is InChI=1S/C14H18FNO2/c1-10-4-2-3-5-12(10)9-18-14-13(15)11(8-17)6-7-16-14/h2-3,6-7,10,12,17H,4-5,8-9H2,1H3. The minimum Gasteiger partial charge on any atom is -0.475 e. The first-order valence-corrected chi connectivity index (χ1v) is 6.24. The molecule has 4 heteroatoms. The maximum atomic E-state index is 13.8. The SMILES string of the molecule is CC1CC=CCC1COc1nccc(CO)c1F. The number of hydrogen-bond donors (Lipinski definition) is 1. The molecular weight excluding hydrogens is 233 g/mol. The number of ether oxygens (including phenoxy) is 1. The van der Waals surface area contributed by atoms with Crippen molar-refractivity contribution in [1.82, 2.24) is 4.98 Å². The van der Waals surface area contributed by atoms with E-state index in [0.717, 1.165) is 12.8 Å². The van der Waals surface area contributed by atoms with Gasteiger partial charge < -0.3 is 9.84 Å². The first kappa shape index (κ1) is 13.0. The van der Waals surface area contributed by atoms with Gasteiger partial charge in [0.1, 0.15) is 0 Å². The van der Waals surface area contributed by atoms with Crippen molar-refractivity contribution in [3.63, 3.8) is 0 Å². The van der Waals surface area contributed by atoms with Crippen molar-refractivity contribution in [2.24, 2.45) is 11.8 Å². The molecule has 0 spiro atoms. The number of aliphatic hydroxyl groups excluding tert-OH is 1. The van der Waals surface area contributed by atoms with E-state index in [4.69, 9.17) is 9.84 Å². The van der Waals surface area contributed by atoms with Crippen LogP contribution >= 0.6 is 0 Å². The normalized spacial score (nSPS) is 23.1. The lowest BCUT2D eigenvalue weighted by atomic mass is 9.85. The molecule has 1 aliphatic rings. The summed E-state index contributed by atoms with van der Waals surface area (Å²) in [6, 6.07) is 1.45. The van der Waals surface area contributed by atoms with Crippen molar-refractivity contribution in [1.29, 1.82) is 0 Å². The van der Waals surface area contributed by atoms with Crippen LogP contribution in [0.2, 0.25) is 0 Å². The van der Waals surface area contributed by atoms with Crippen LogP contribution in [0.25, 0.3) is 0 Å². The Labute approximate surface area is 106 Å². The Kier molecular flexibility index (Phi) is 4.31. The first-order chi connectivity index (χ1) is 8.72. The van der Waals surface area contributed by atoms with Crippen LogP contribution in [0.5, 0.6) is 5.88 Å². The van der Waals surface area contributed by atoms with Crippen molar-refractivity contribution in [3.8, 4) is 5.88 Å². The van der Waals surface area contributed by atoms with Crippen LogP contribution in [0.1, 0.15) is 25.3 Å². The summed E-state index contributed by atoms with van der Waals surface area (Å²) in [6.45, 7) is 2.29. The molecule has 0 aliphatic heterocycles. The second kappa shape index (κ2) is 5.96. The quantitative estimate of drug-likeness (QED) is 0.837. The average Bonchev–Trinajstić information content (AvgIpc) is 2.39. The zero-order valence-electron chi connectivity index (χ0n) is 10.5. The third-order valence-corrected chi connectivity index (χ3v) is 3.46. The molecule has 3 nitrogen and oxygen atoms in total. The maximum absolute atomic E-state index is 13.8. The Morgan fingerprint density at radius 1 is 1.44 bits per heavy atom. The Morgan fingerprint density at radius 3 is 2.94 bits per heavy atom. The second-order valence-electron chi connectivity index (χ2n) is 4.74. The van der Waals surface area contributed by atoms with E-state index in [1.165, 1.54) is 12.3 Å². The minimum absolute atomic E-state index is 0.0108. The zero-order chi connectivity index (χ0) is 13.0. The maximum Gasteiger partial charge on any atom is 0.250 e. The van der Waals surface area contributed by atoms with Gasteiger partial charge in [-0.25, -0.2) is 9.37 Å². The molecule has 0 fully saturated rings. The predicted octanol–water partition coefficient (Wildman–Crippen LogP) is 2.69. The molecule has 0 saturated carbocycles. The van der Waals surface area contributed by atoms with Gasteiger partial charge in [-0.15, -0.1) is 0 Å². The molecular formula is C14H18FNO2. The number of allylic oxidation sites excluding steroid dienone is 2. The lowest BCUT2D eigenvalue weighted by molar-refractivity contribution is 0.184. The van der Waals surface area contributed by atoms with Gasteiger partial charge >= 0.3 is 0 Å². The van der Waals surface area contributed by atoms with Crippen molar-refractivity contribution >= 4 is 0 Å². The second-order valence-corrected chi connectivity index (χ2v) is 4.74. The summed E-state index contributed by atoms with van der Waals surface area (Å²) in [5, 5.41) is 8.97. The molecule has 1 N–H and O–H groups in total. The third kappa shape index (κ3) is 2.88. The highest BCUT2D eigenvalue weighted by Crippen LogP contribution is 2.26. The van der Waals surface area contributed by atoms with Crippen LogP contribution in [-0.2, 0) is 6.61 Å². The summed E-state index contributed by atoms with van der Waals surface area (Å²) in [5.74, 6) is 0.371. The van der Waals surface area contributed by atoms with E-state index in [9.17, 15) is 4.39 Å². The average molecular weight is 251 g/mol. The van der Waals surface area contributed by atoms with Crippen LogP contribution in [0.3, 0.4) is 0 Å². The van der Waals surface area contributed by atoms with Crippen LogP contribution in [0.15, 0.2) is 24.4 Å². The number of aromatic nitrogens is 1. The van der Waals surface area contributed by atoms with E-state index in [0.29, 0.717) is 18.4 Å². The number of nitrogens with zero attached hydrogens (tertiary/aromatic N) is 1. The molecule has 2 rings (SSSR count). The molecule has 1 aromatic rings. The lowest BCUT2D eigenvalue weighted by Crippen LogP contribution is -2.21. The van der Waals surface area contributed by atoms with Gasteiger partial charge in [-0.1, -0.05) is 19.1 Å². The molecule has 1 heterocycles. The summed E-state index contributed by atoms with van der Waals surface area (Å²) >= 11 is 0. The van der Waals surface area contributed by atoms with Gasteiger partial charge in [0.2, 0.25) is 0 Å². The molecule has 1 aromatic heterocycles. The van der Waals surface area contributed by atoms with Gasteiger partial charge in [-0.2, -0.15) is 0 Å². The monoisotopic (exact) mass is 251 g/mol. The van der Waals surface area contributed by atoms with E-state index in [2.05, 4.69) is 24.1 Å². The summed E-state index contributed by atoms with van der Waals surface area (Å²) in [7, 11) is 0. The Hall–Kier alpha value is -1.42. The largest absolute Gasteiger partial charge is 0.475 e. The molecule has 0 bridgehead atoms. The van der Waals surface area contributed by atoms with Crippen molar-refractivity contribution in [2.45, 2.75) is 26.4 Å². The van der Waals surface area contributed by atoms with E-state index in [-0.39, 0.29) is 18.1 Å². The van der Waals surface area contributed by atoms with E-state index >= 15 is 0 Å². The fraction of sp³-hybridized carbons (Fsp3) is 0.500. The highest BCUT2D eigenvalue weighted by Gasteiger charge is 2.20. The summed E-state index contributed by atoms with van der Waals surface area (Å²) in [4.78, 5) is 3.87. The number of rotatable bonds is 4. The minimum atomic E-state index is -0.556. The topological polar surface area (TPSA) is 42.4 Å². The molecule has 0 aromatic carbocycles. The molecule has 0 radical (unpaired) electrons. The Bertz CT molecular complexity index is 434. The molecule has 18 heavy (non-hydrogen) atoms. The smallest absolute Gasteiger partial charge is 0.250 e. The number of halogens is 1. The number of pyridine rings is 1. The Balaban J connectivity index is 2.00. The third-order valence-electron chi connectivity index (χ3n) is 3.46. The van der Waals surface area contributed by atoms with Gasteiger partial charge in [0, 0.05) is 11.8 Å². The zero-order valence-corrected chi connectivity index (χ0v) is 10.5. The molecule has 1 aliphatic carbocycles. The van der Waals surface area contributed by atoms with Crippen molar-refractivity contribution in [2.75, 3.05) is 6.61 Å². The summed E-state index contributed by atoms with van der Waals surface area (Å²) in [6.07, 6.45) is 7.77. The Morgan fingerprint density at radius 2 is 2.22 bits per heavy atom. The molecule has 0 amide bonds. The molecule has 0 saturated heterocycles. The van der Waals surface area contributed by atoms with Gasteiger partial charge in [0.05, 0.1) is 13.2 Å². The molecule has 2 atom stereocenters. The molecule has 2 unspecified atom stereocenters. The number of aliphatic hydroxyl groups is 1. The van der Waals surface area contributed by atoms with Crippen LogP contribution < -0.4 is 4.74 Å². The fourth-order valence-corrected chi connectivity index (χ4v) is 2.11. The summed E-state index contributed by atoms with van der Waals surface area (Å²) in [5.41, 5.74) is 0.219. The van der Waals surface area contributed by atoms with Crippen LogP contribution in [-0.4, -0.2) is 16.7 Å². The van der Waals surface area contributed by atoms with Crippen molar-refractivity contribution < 1.29 is 14.2 Å². The number of hydrogen-bond acceptors (Lipinski definition) is 3. The lowest BCUT2D eigenvalue weighted by Gasteiger charge is -2.25. The van der Waals surface area contributed by atoms with Gasteiger partial charge in [-0.3, -0.25) is 0 Å². The van der Waals surface area contributed by atoms with Gasteiger partial charge in [0.15, 0.2) is 5.82 Å². The van der Waals surface area contributed by atoms with Gasteiger partial charge in [-0.05, 0) is 30.7 Å². The first-order valence-electron chi connectivity index (χ1n) is 6.24. The van der Waals surface area contributed by atoms with Crippen molar-refractivity contribution in [3.05, 3.63) is 35.8 Å². The summed E-state index contributed by atoms with van der Waals surface area (Å²) < 4.78 is 19.2. The van der Waals surface area contributed by atoms with E-state index in [1.54, 1.807) is 0 Å². The highest BCUT2D eigenvalue weighted by molar-refractivity contribution is 5.22. The highest BCUT2D eigenvalue weighted by atomic mass is 19.1. The van der Waals surface area contributed by atoms with Crippen LogP contribution in [0.4, 0.5) is 4.39 Å². The van der Waals surface area contributed by atoms with Crippen LogP contribution in [0, 0.1) is 17.7 Å².